The highest BCUT2D eigenvalue weighted by atomic mass is 19.1. The summed E-state index contributed by atoms with van der Waals surface area (Å²) in [4.78, 5) is 33.4. The lowest BCUT2D eigenvalue weighted by Crippen LogP contribution is -2.50. The monoisotopic (exact) mass is 551 g/mol. The highest BCUT2D eigenvalue weighted by molar-refractivity contribution is 6.46. The molecule has 1 aliphatic heterocycles. The molecule has 1 atom stereocenters. The number of amides is 2. The fourth-order valence-electron chi connectivity index (χ4n) is 5.80. The van der Waals surface area contributed by atoms with Gasteiger partial charge in [-0.3, -0.25) is 20.0 Å². The zero-order valence-electron chi connectivity index (χ0n) is 22.1. The maximum Gasteiger partial charge on any atom is 0.275 e. The summed E-state index contributed by atoms with van der Waals surface area (Å²) in [6.45, 7) is -0.122. The minimum atomic E-state index is -0.891. The first-order valence-corrected chi connectivity index (χ1v) is 13.3. The molecule has 2 saturated carbocycles. The van der Waals surface area contributed by atoms with Crippen LogP contribution in [0, 0.1) is 23.0 Å². The van der Waals surface area contributed by atoms with Crippen LogP contribution >= 0.6 is 0 Å². The Morgan fingerprint density at radius 1 is 1.20 bits per heavy atom. The highest BCUT2D eigenvalue weighted by Gasteiger charge is 2.54. The average molecular weight is 552 g/mol. The van der Waals surface area contributed by atoms with Gasteiger partial charge in [0.15, 0.2) is 23.2 Å². The summed E-state index contributed by atoms with van der Waals surface area (Å²) in [7, 11) is 1.19. The molecule has 10 nitrogen and oxygen atoms in total. The second-order valence-corrected chi connectivity index (χ2v) is 10.4. The normalized spacial score (nSPS) is 19.1. The Kier molecular flexibility index (Phi) is 7.59. The zero-order valence-corrected chi connectivity index (χ0v) is 22.1. The molecular weight excluding hydrogens is 520 g/mol. The van der Waals surface area contributed by atoms with Gasteiger partial charge in [0.2, 0.25) is 0 Å². The van der Waals surface area contributed by atoms with E-state index >= 15 is 0 Å². The van der Waals surface area contributed by atoms with Gasteiger partial charge in [-0.15, -0.1) is 5.11 Å². The molecule has 2 fully saturated rings. The van der Waals surface area contributed by atoms with Crippen molar-refractivity contribution in [1.82, 2.24) is 10.2 Å². The molecule has 0 aromatic heterocycles. The second kappa shape index (κ2) is 11.1. The molecule has 0 bridgehead atoms. The van der Waals surface area contributed by atoms with E-state index in [0.717, 1.165) is 49.8 Å². The Bertz CT molecular complexity index is 1360. The summed E-state index contributed by atoms with van der Waals surface area (Å²) in [5, 5.41) is 16.6. The van der Waals surface area contributed by atoms with Crippen LogP contribution < -0.4 is 15.9 Å². The van der Waals surface area contributed by atoms with Crippen molar-refractivity contribution < 1.29 is 23.1 Å². The molecule has 4 N–H and O–H groups in total. The smallest absolute Gasteiger partial charge is 0.275 e. The molecule has 1 heterocycles. The first-order chi connectivity index (χ1) is 19.3. The fourth-order valence-corrected chi connectivity index (χ4v) is 5.80. The van der Waals surface area contributed by atoms with E-state index in [-0.39, 0.29) is 47.4 Å². The van der Waals surface area contributed by atoms with Gasteiger partial charge in [0.05, 0.1) is 19.7 Å². The van der Waals surface area contributed by atoms with Gasteiger partial charge in [0.1, 0.15) is 11.4 Å². The van der Waals surface area contributed by atoms with Crippen molar-refractivity contribution >= 4 is 23.4 Å². The number of carbonyl (C=O) groups excluding carboxylic acids is 2. The molecule has 0 radical (unpaired) electrons. The van der Waals surface area contributed by atoms with Crippen molar-refractivity contribution in [1.29, 1.82) is 5.41 Å². The first kappa shape index (κ1) is 27.4. The lowest BCUT2D eigenvalue weighted by Gasteiger charge is -2.44. The van der Waals surface area contributed by atoms with E-state index in [1.54, 1.807) is 12.1 Å². The van der Waals surface area contributed by atoms with Crippen LogP contribution in [0.15, 0.2) is 51.7 Å². The third-order valence-corrected chi connectivity index (χ3v) is 7.78. The number of nitrogens with one attached hydrogen (secondary N) is 2. The van der Waals surface area contributed by atoms with E-state index in [4.69, 9.17) is 21.0 Å². The van der Waals surface area contributed by atoms with Crippen LogP contribution in [0.1, 0.15) is 72.5 Å². The molecule has 2 aromatic rings. The first-order valence-electron chi connectivity index (χ1n) is 13.3. The Morgan fingerprint density at radius 3 is 2.42 bits per heavy atom. The Balaban J connectivity index is 1.46. The fraction of sp³-hybridized carbons (Fsp3) is 0.429. The van der Waals surface area contributed by atoms with Crippen LogP contribution in [0.3, 0.4) is 0 Å². The molecule has 3 aliphatic rings. The standard InChI is InChI=1S/C28H31F2N7O3/c1-40-25-20(29)13-19(14-21(25)30)23-27(39)37(28(34-23)11-3-2-4-12-28)24(16-5-6-16)17-7-9-18(10-8-17)26(38)33-15-22(31)35-36-32/h7-10,13-14,16,24H,2-6,11-12,15H2,1H3,(H,33,38)(H3,31,32,35)/t24-/m1/s1. The SMILES string of the molecule is COc1c(F)cc(C2=NC3(CCCCC3)N([C@@H](c3ccc(C(=O)NCC(=N)/N=N\N)cc3)C3CC3)C2=O)cc1F. The molecule has 0 saturated heterocycles. The van der Waals surface area contributed by atoms with Crippen LogP contribution in [0.2, 0.25) is 0 Å². The van der Waals surface area contributed by atoms with Crippen molar-refractivity contribution in [3.05, 3.63) is 64.7 Å². The van der Waals surface area contributed by atoms with Crippen LogP contribution in [-0.4, -0.2) is 47.6 Å². The van der Waals surface area contributed by atoms with Gasteiger partial charge in [-0.25, -0.2) is 8.78 Å². The molecule has 1 spiro atoms. The summed E-state index contributed by atoms with van der Waals surface area (Å²) >= 11 is 0. The topological polar surface area (TPSA) is 146 Å². The molecule has 12 heteroatoms. The van der Waals surface area contributed by atoms with Crippen molar-refractivity contribution in [2.75, 3.05) is 13.7 Å². The number of nitrogens with zero attached hydrogens (tertiary/aromatic N) is 4. The quantitative estimate of drug-likeness (QED) is 0.146. The van der Waals surface area contributed by atoms with Gasteiger partial charge in [-0.1, -0.05) is 23.8 Å². The number of carbonyl (C=O) groups is 2. The number of benzene rings is 2. The Morgan fingerprint density at radius 2 is 1.85 bits per heavy atom. The molecule has 5 rings (SSSR count). The molecule has 2 aliphatic carbocycles. The van der Waals surface area contributed by atoms with E-state index < -0.39 is 23.0 Å². The number of aliphatic imine (C=N–C) groups is 1. The minimum absolute atomic E-state index is 0.0566. The van der Waals surface area contributed by atoms with Gasteiger partial charge in [0, 0.05) is 11.1 Å². The molecule has 40 heavy (non-hydrogen) atoms. The highest BCUT2D eigenvalue weighted by Crippen LogP contribution is 2.52. The number of hydrogen-bond donors (Lipinski definition) is 3. The van der Waals surface area contributed by atoms with E-state index in [0.29, 0.717) is 18.4 Å². The maximum atomic E-state index is 14.6. The third-order valence-electron chi connectivity index (χ3n) is 7.78. The molecular formula is C28H31F2N7O3. The van der Waals surface area contributed by atoms with E-state index in [1.165, 1.54) is 7.11 Å². The second-order valence-electron chi connectivity index (χ2n) is 10.4. The van der Waals surface area contributed by atoms with Crippen molar-refractivity contribution in [3.8, 4) is 5.75 Å². The summed E-state index contributed by atoms with van der Waals surface area (Å²) in [6, 6.07) is 8.93. The lowest BCUT2D eigenvalue weighted by atomic mass is 9.86. The number of amidine groups is 1. The average Bonchev–Trinajstić information content (AvgIpc) is 3.75. The summed E-state index contributed by atoms with van der Waals surface area (Å²) in [5.41, 5.74) is 0.608. The molecule has 210 valence electrons. The van der Waals surface area contributed by atoms with Crippen LogP contribution in [0.5, 0.6) is 5.75 Å². The largest absolute Gasteiger partial charge is 0.491 e. The van der Waals surface area contributed by atoms with E-state index in [9.17, 15) is 18.4 Å². The summed E-state index contributed by atoms with van der Waals surface area (Å²) < 4.78 is 34.1. The molecule has 2 amide bonds. The lowest BCUT2D eigenvalue weighted by molar-refractivity contribution is -0.133. The predicted octanol–water partition coefficient (Wildman–Crippen LogP) is 4.45. The minimum Gasteiger partial charge on any atom is -0.491 e. The predicted molar refractivity (Wildman–Crippen MR) is 143 cm³/mol. The van der Waals surface area contributed by atoms with Gasteiger partial charge in [0.25, 0.3) is 11.8 Å². The number of nitrogens with two attached hydrogens (primary N) is 1. The van der Waals surface area contributed by atoms with Gasteiger partial charge >= 0.3 is 0 Å². The molecule has 0 unspecified atom stereocenters. The maximum absolute atomic E-state index is 14.6. The number of rotatable bonds is 8. The number of ether oxygens (including phenoxy) is 1. The molecule has 2 aromatic carbocycles. The number of halogens is 2. The van der Waals surface area contributed by atoms with Gasteiger partial charge in [-0.05, 0) is 74.3 Å². The van der Waals surface area contributed by atoms with Crippen molar-refractivity contribution in [2.24, 2.45) is 27.1 Å². The van der Waals surface area contributed by atoms with Crippen LogP contribution in [0.4, 0.5) is 8.78 Å². The van der Waals surface area contributed by atoms with Crippen LogP contribution in [0.25, 0.3) is 0 Å². The Labute approximate surface area is 230 Å². The Hall–Kier alpha value is -4.22. The van der Waals surface area contributed by atoms with Gasteiger partial charge in [-0.2, -0.15) is 0 Å². The van der Waals surface area contributed by atoms with Crippen molar-refractivity contribution in [3.63, 3.8) is 0 Å². The van der Waals surface area contributed by atoms with E-state index in [2.05, 4.69) is 15.7 Å². The number of methoxy groups -OCH3 is 1. The number of hydrogen-bond acceptors (Lipinski definition) is 6. The zero-order chi connectivity index (χ0) is 28.4. The van der Waals surface area contributed by atoms with Crippen molar-refractivity contribution in [2.45, 2.75) is 56.7 Å². The summed E-state index contributed by atoms with van der Waals surface area (Å²) in [5.74, 6) is 1.94. The summed E-state index contributed by atoms with van der Waals surface area (Å²) in [6.07, 6.45) is 6.01. The van der Waals surface area contributed by atoms with Gasteiger partial charge < -0.3 is 20.8 Å². The van der Waals surface area contributed by atoms with E-state index in [1.807, 2.05) is 17.0 Å². The third kappa shape index (κ3) is 5.17. The van der Waals surface area contributed by atoms with Crippen LogP contribution in [-0.2, 0) is 4.79 Å².